The Morgan fingerprint density at radius 1 is 1.19 bits per heavy atom. The van der Waals surface area contributed by atoms with Crippen molar-refractivity contribution in [1.29, 1.82) is 0 Å². The monoisotopic (exact) mass is 224 g/mol. The molecule has 0 amide bonds. The predicted molar refractivity (Wildman–Crippen MR) is 56.9 cm³/mol. The molecule has 16 heavy (non-hydrogen) atoms. The second kappa shape index (κ2) is 4.28. The summed E-state index contributed by atoms with van der Waals surface area (Å²) >= 11 is 0. The first-order valence-corrected chi connectivity index (χ1v) is 5.76. The number of allylic oxidation sites excluding steroid dienone is 2. The van der Waals surface area contributed by atoms with Crippen LogP contribution in [0.1, 0.15) is 32.1 Å². The van der Waals surface area contributed by atoms with Gasteiger partial charge in [0.2, 0.25) is 0 Å². The Morgan fingerprint density at radius 2 is 1.94 bits per heavy atom. The topological polar surface area (TPSA) is 74.6 Å². The fourth-order valence-electron chi connectivity index (χ4n) is 3.03. The molecule has 88 valence electrons. The smallest absolute Gasteiger partial charge is 0.307 e. The van der Waals surface area contributed by atoms with Gasteiger partial charge in [0.25, 0.3) is 0 Å². The molecule has 0 aliphatic heterocycles. The minimum atomic E-state index is -0.978. The van der Waals surface area contributed by atoms with E-state index in [2.05, 4.69) is 0 Å². The molecular weight excluding hydrogens is 208 g/mol. The van der Waals surface area contributed by atoms with Crippen LogP contribution in [0.25, 0.3) is 0 Å². The van der Waals surface area contributed by atoms with Gasteiger partial charge in [0.1, 0.15) is 0 Å². The van der Waals surface area contributed by atoms with Crippen molar-refractivity contribution >= 4 is 11.9 Å². The van der Waals surface area contributed by atoms with Gasteiger partial charge in [0.15, 0.2) is 0 Å². The average Bonchev–Trinajstić information content (AvgIpc) is 2.27. The Hall–Kier alpha value is -1.32. The zero-order chi connectivity index (χ0) is 11.7. The van der Waals surface area contributed by atoms with Crippen molar-refractivity contribution < 1.29 is 19.8 Å². The highest BCUT2D eigenvalue weighted by molar-refractivity contribution is 5.81. The molecule has 0 saturated heterocycles. The molecule has 0 bridgehead atoms. The third-order valence-electron chi connectivity index (χ3n) is 3.81. The molecule has 0 aromatic rings. The highest BCUT2D eigenvalue weighted by Crippen LogP contribution is 2.43. The zero-order valence-corrected chi connectivity index (χ0v) is 9.06. The van der Waals surface area contributed by atoms with Crippen LogP contribution < -0.4 is 0 Å². The van der Waals surface area contributed by atoms with E-state index in [1.54, 1.807) is 0 Å². The second-order valence-corrected chi connectivity index (χ2v) is 4.68. The van der Waals surface area contributed by atoms with Crippen LogP contribution in [0.15, 0.2) is 11.6 Å². The van der Waals surface area contributed by atoms with Crippen molar-refractivity contribution in [2.24, 2.45) is 17.8 Å². The van der Waals surface area contributed by atoms with Crippen molar-refractivity contribution in [2.75, 3.05) is 0 Å². The van der Waals surface area contributed by atoms with E-state index in [-0.39, 0.29) is 5.92 Å². The number of carbonyl (C=O) groups is 2. The molecule has 0 aromatic heterocycles. The normalized spacial score (nSPS) is 33.8. The van der Waals surface area contributed by atoms with Crippen molar-refractivity contribution in [3.05, 3.63) is 11.6 Å². The SMILES string of the molecule is O=C(O)[C@@H]1[C@H](C(=O)O)CC=C2CCCC[C@@H]21. The summed E-state index contributed by atoms with van der Waals surface area (Å²) < 4.78 is 0. The van der Waals surface area contributed by atoms with Gasteiger partial charge >= 0.3 is 11.9 Å². The van der Waals surface area contributed by atoms with Crippen LogP contribution >= 0.6 is 0 Å². The molecule has 0 unspecified atom stereocenters. The lowest BCUT2D eigenvalue weighted by molar-refractivity contribution is -0.156. The number of hydrogen-bond donors (Lipinski definition) is 2. The quantitative estimate of drug-likeness (QED) is 0.702. The summed E-state index contributed by atoms with van der Waals surface area (Å²) in [7, 11) is 0. The molecule has 0 radical (unpaired) electrons. The van der Waals surface area contributed by atoms with Crippen LogP contribution in [0.3, 0.4) is 0 Å². The zero-order valence-electron chi connectivity index (χ0n) is 9.06. The molecule has 2 aliphatic carbocycles. The van der Waals surface area contributed by atoms with Crippen molar-refractivity contribution in [1.82, 2.24) is 0 Å². The number of rotatable bonds is 2. The van der Waals surface area contributed by atoms with E-state index in [0.717, 1.165) is 25.7 Å². The Morgan fingerprint density at radius 3 is 2.56 bits per heavy atom. The van der Waals surface area contributed by atoms with Gasteiger partial charge in [-0.2, -0.15) is 0 Å². The molecule has 1 fully saturated rings. The van der Waals surface area contributed by atoms with E-state index < -0.39 is 23.8 Å². The fraction of sp³-hybridized carbons (Fsp3) is 0.667. The first kappa shape index (κ1) is 11.2. The van der Waals surface area contributed by atoms with Gasteiger partial charge in [0, 0.05) is 0 Å². The minimum Gasteiger partial charge on any atom is -0.481 e. The highest BCUT2D eigenvalue weighted by atomic mass is 16.4. The first-order chi connectivity index (χ1) is 7.61. The lowest BCUT2D eigenvalue weighted by atomic mass is 9.66. The maximum atomic E-state index is 11.2. The first-order valence-electron chi connectivity index (χ1n) is 5.76. The Labute approximate surface area is 94.0 Å². The van der Waals surface area contributed by atoms with Crippen LogP contribution in [-0.2, 0) is 9.59 Å². The molecule has 2 N–H and O–H groups in total. The summed E-state index contributed by atoms with van der Waals surface area (Å²) in [6.45, 7) is 0. The minimum absolute atomic E-state index is 0.0406. The van der Waals surface area contributed by atoms with Gasteiger partial charge in [0.05, 0.1) is 11.8 Å². The van der Waals surface area contributed by atoms with Gasteiger partial charge in [-0.05, 0) is 31.6 Å². The molecule has 2 rings (SSSR count). The summed E-state index contributed by atoms with van der Waals surface area (Å²) in [6.07, 6.45) is 6.22. The van der Waals surface area contributed by atoms with E-state index in [9.17, 15) is 14.7 Å². The van der Waals surface area contributed by atoms with E-state index >= 15 is 0 Å². The average molecular weight is 224 g/mol. The summed E-state index contributed by atoms with van der Waals surface area (Å²) in [5.74, 6) is -3.44. The molecule has 3 atom stereocenters. The molecule has 2 aliphatic rings. The maximum absolute atomic E-state index is 11.2. The summed E-state index contributed by atoms with van der Waals surface area (Å²) in [4.78, 5) is 22.3. The van der Waals surface area contributed by atoms with Gasteiger partial charge in [-0.3, -0.25) is 9.59 Å². The summed E-state index contributed by atoms with van der Waals surface area (Å²) in [6, 6.07) is 0. The van der Waals surface area contributed by atoms with Crippen LogP contribution in [0.2, 0.25) is 0 Å². The highest BCUT2D eigenvalue weighted by Gasteiger charge is 2.43. The lowest BCUT2D eigenvalue weighted by Gasteiger charge is -2.36. The predicted octanol–water partition coefficient (Wildman–Crippen LogP) is 1.91. The molecular formula is C12H16O4. The van der Waals surface area contributed by atoms with E-state index in [1.165, 1.54) is 5.57 Å². The van der Waals surface area contributed by atoms with Crippen molar-refractivity contribution in [3.63, 3.8) is 0 Å². The number of carboxylic acids is 2. The fourth-order valence-corrected chi connectivity index (χ4v) is 3.03. The number of aliphatic carboxylic acids is 2. The molecule has 4 nitrogen and oxygen atoms in total. The summed E-state index contributed by atoms with van der Waals surface area (Å²) in [5, 5.41) is 18.3. The molecule has 0 aromatic carbocycles. The van der Waals surface area contributed by atoms with Crippen LogP contribution in [0.5, 0.6) is 0 Å². The Kier molecular flexibility index (Phi) is 2.99. The van der Waals surface area contributed by atoms with Crippen LogP contribution in [0, 0.1) is 17.8 Å². The maximum Gasteiger partial charge on any atom is 0.307 e. The Balaban J connectivity index is 2.29. The summed E-state index contributed by atoms with van der Waals surface area (Å²) in [5.41, 5.74) is 1.18. The largest absolute Gasteiger partial charge is 0.481 e. The van der Waals surface area contributed by atoms with Gasteiger partial charge < -0.3 is 10.2 Å². The third kappa shape index (κ3) is 1.84. The molecule has 1 saturated carbocycles. The Bertz CT molecular complexity index is 345. The van der Waals surface area contributed by atoms with Gasteiger partial charge in [-0.25, -0.2) is 0 Å². The van der Waals surface area contributed by atoms with Gasteiger partial charge in [-0.15, -0.1) is 0 Å². The number of carboxylic acid groups (broad SMARTS) is 2. The van der Waals surface area contributed by atoms with Gasteiger partial charge in [-0.1, -0.05) is 18.1 Å². The second-order valence-electron chi connectivity index (χ2n) is 4.68. The third-order valence-corrected chi connectivity index (χ3v) is 3.81. The molecule has 0 spiro atoms. The number of hydrogen-bond acceptors (Lipinski definition) is 2. The number of fused-ring (bicyclic) bond motifs is 1. The van der Waals surface area contributed by atoms with E-state index in [0.29, 0.717) is 6.42 Å². The van der Waals surface area contributed by atoms with Crippen LogP contribution in [-0.4, -0.2) is 22.2 Å². The van der Waals surface area contributed by atoms with Crippen molar-refractivity contribution in [2.45, 2.75) is 32.1 Å². The lowest BCUT2D eigenvalue weighted by Crippen LogP contribution is -2.39. The van der Waals surface area contributed by atoms with Crippen LogP contribution in [0.4, 0.5) is 0 Å². The molecule has 0 heterocycles. The van der Waals surface area contributed by atoms with Crippen molar-refractivity contribution in [3.8, 4) is 0 Å². The van der Waals surface area contributed by atoms with E-state index in [1.807, 2.05) is 6.08 Å². The standard InChI is InChI=1S/C12H16O4/c13-11(14)9-6-5-7-3-1-2-4-8(7)10(9)12(15)16/h5,8-10H,1-4,6H2,(H,13,14)(H,15,16)/t8-,9+,10-/m0/s1. The van der Waals surface area contributed by atoms with E-state index in [4.69, 9.17) is 5.11 Å². The molecule has 4 heteroatoms.